The molecule has 14 heavy (non-hydrogen) atoms. The SMILES string of the molecule is Cc1ccc(CC(N)CCC(=O)O)o1. The van der Waals surface area contributed by atoms with Crippen molar-refractivity contribution in [1.29, 1.82) is 0 Å². The average molecular weight is 197 g/mol. The van der Waals surface area contributed by atoms with Gasteiger partial charge in [0.2, 0.25) is 0 Å². The Hall–Kier alpha value is -1.29. The van der Waals surface area contributed by atoms with Crippen molar-refractivity contribution in [3.63, 3.8) is 0 Å². The molecule has 0 aliphatic rings. The van der Waals surface area contributed by atoms with Gasteiger partial charge in [-0.15, -0.1) is 0 Å². The highest BCUT2D eigenvalue weighted by molar-refractivity contribution is 5.66. The maximum atomic E-state index is 10.3. The van der Waals surface area contributed by atoms with Gasteiger partial charge in [-0.3, -0.25) is 4.79 Å². The van der Waals surface area contributed by atoms with Crippen molar-refractivity contribution in [2.24, 2.45) is 5.73 Å². The van der Waals surface area contributed by atoms with Crippen LogP contribution in [0.3, 0.4) is 0 Å². The largest absolute Gasteiger partial charge is 0.481 e. The molecular formula is C10H15NO3. The molecule has 0 saturated heterocycles. The van der Waals surface area contributed by atoms with Crippen molar-refractivity contribution >= 4 is 5.97 Å². The molecule has 0 saturated carbocycles. The number of nitrogens with two attached hydrogens (primary N) is 1. The molecule has 1 unspecified atom stereocenters. The first kappa shape index (κ1) is 10.8. The summed E-state index contributed by atoms with van der Waals surface area (Å²) in [6.45, 7) is 1.87. The van der Waals surface area contributed by atoms with Crippen LogP contribution in [0.15, 0.2) is 16.5 Å². The molecule has 0 radical (unpaired) electrons. The molecule has 1 heterocycles. The van der Waals surface area contributed by atoms with Gasteiger partial charge in [0.15, 0.2) is 0 Å². The van der Waals surface area contributed by atoms with E-state index in [9.17, 15) is 4.79 Å². The first-order chi connectivity index (χ1) is 6.58. The van der Waals surface area contributed by atoms with Crippen LogP contribution in [0.1, 0.15) is 24.4 Å². The molecular weight excluding hydrogens is 182 g/mol. The minimum atomic E-state index is -0.809. The number of carbonyl (C=O) groups is 1. The fraction of sp³-hybridized carbons (Fsp3) is 0.500. The summed E-state index contributed by atoms with van der Waals surface area (Å²) in [6, 6.07) is 3.60. The van der Waals surface area contributed by atoms with Crippen LogP contribution in [0.5, 0.6) is 0 Å². The zero-order chi connectivity index (χ0) is 10.6. The van der Waals surface area contributed by atoms with E-state index in [-0.39, 0.29) is 12.5 Å². The van der Waals surface area contributed by atoms with Gasteiger partial charge in [0.1, 0.15) is 11.5 Å². The first-order valence-electron chi connectivity index (χ1n) is 4.60. The fourth-order valence-electron chi connectivity index (χ4n) is 1.26. The molecule has 4 nitrogen and oxygen atoms in total. The molecule has 0 fully saturated rings. The number of carboxylic acids is 1. The Labute approximate surface area is 82.7 Å². The van der Waals surface area contributed by atoms with Crippen molar-refractivity contribution < 1.29 is 14.3 Å². The van der Waals surface area contributed by atoms with E-state index in [1.165, 1.54) is 0 Å². The molecule has 4 heteroatoms. The Morgan fingerprint density at radius 1 is 1.64 bits per heavy atom. The highest BCUT2D eigenvalue weighted by atomic mass is 16.4. The van der Waals surface area contributed by atoms with Crippen LogP contribution in [0.4, 0.5) is 0 Å². The summed E-state index contributed by atoms with van der Waals surface area (Å²) in [5.41, 5.74) is 5.74. The van der Waals surface area contributed by atoms with Gasteiger partial charge < -0.3 is 15.3 Å². The lowest BCUT2D eigenvalue weighted by Crippen LogP contribution is -2.23. The number of hydrogen-bond donors (Lipinski definition) is 2. The summed E-state index contributed by atoms with van der Waals surface area (Å²) in [4.78, 5) is 10.3. The van der Waals surface area contributed by atoms with E-state index in [0.29, 0.717) is 12.8 Å². The van der Waals surface area contributed by atoms with Gasteiger partial charge in [-0.1, -0.05) is 0 Å². The zero-order valence-corrected chi connectivity index (χ0v) is 8.19. The molecule has 0 bridgehead atoms. The minimum absolute atomic E-state index is 0.112. The number of furan rings is 1. The second-order valence-corrected chi connectivity index (χ2v) is 3.41. The third-order valence-corrected chi connectivity index (χ3v) is 1.99. The summed E-state index contributed by atoms with van der Waals surface area (Å²) in [7, 11) is 0. The van der Waals surface area contributed by atoms with E-state index in [1.54, 1.807) is 0 Å². The standard InChI is InChI=1S/C10H15NO3/c1-7-2-4-9(14-7)6-8(11)3-5-10(12)13/h2,4,8H,3,5-6,11H2,1H3,(H,12,13). The Morgan fingerprint density at radius 2 is 2.36 bits per heavy atom. The number of carboxylic acid groups (broad SMARTS) is 1. The summed E-state index contributed by atoms with van der Waals surface area (Å²) in [5.74, 6) is 0.863. The zero-order valence-electron chi connectivity index (χ0n) is 8.19. The second-order valence-electron chi connectivity index (χ2n) is 3.41. The van der Waals surface area contributed by atoms with Gasteiger partial charge in [0.05, 0.1) is 0 Å². The predicted octanol–water partition coefficient (Wildman–Crippen LogP) is 1.32. The van der Waals surface area contributed by atoms with Gasteiger partial charge in [-0.2, -0.15) is 0 Å². The highest BCUT2D eigenvalue weighted by Gasteiger charge is 2.08. The van der Waals surface area contributed by atoms with E-state index in [1.807, 2.05) is 19.1 Å². The third kappa shape index (κ3) is 3.62. The van der Waals surface area contributed by atoms with E-state index >= 15 is 0 Å². The Balaban J connectivity index is 2.33. The molecule has 1 aromatic rings. The summed E-state index contributed by atoms with van der Waals surface area (Å²) in [5, 5.41) is 8.45. The highest BCUT2D eigenvalue weighted by Crippen LogP contribution is 2.10. The van der Waals surface area contributed by atoms with E-state index in [0.717, 1.165) is 11.5 Å². The van der Waals surface area contributed by atoms with Gasteiger partial charge in [-0.25, -0.2) is 0 Å². The van der Waals surface area contributed by atoms with Crippen LogP contribution in [0, 0.1) is 6.92 Å². The average Bonchev–Trinajstić information content (AvgIpc) is 2.48. The van der Waals surface area contributed by atoms with Crippen LogP contribution >= 0.6 is 0 Å². The quantitative estimate of drug-likeness (QED) is 0.746. The molecule has 0 amide bonds. The van der Waals surface area contributed by atoms with Gasteiger partial charge in [0.25, 0.3) is 0 Å². The van der Waals surface area contributed by atoms with Crippen molar-refractivity contribution in [1.82, 2.24) is 0 Å². The smallest absolute Gasteiger partial charge is 0.303 e. The van der Waals surface area contributed by atoms with Crippen LogP contribution in [-0.4, -0.2) is 17.1 Å². The molecule has 1 rings (SSSR count). The molecule has 0 aliphatic heterocycles. The number of aliphatic carboxylic acids is 1. The van der Waals surface area contributed by atoms with Gasteiger partial charge in [-0.05, 0) is 25.5 Å². The maximum absolute atomic E-state index is 10.3. The molecule has 0 aliphatic carbocycles. The Morgan fingerprint density at radius 3 is 2.86 bits per heavy atom. The topological polar surface area (TPSA) is 76.5 Å². The fourth-order valence-corrected chi connectivity index (χ4v) is 1.26. The van der Waals surface area contributed by atoms with Gasteiger partial charge in [0, 0.05) is 18.9 Å². The lowest BCUT2D eigenvalue weighted by molar-refractivity contribution is -0.137. The maximum Gasteiger partial charge on any atom is 0.303 e. The Kier molecular flexibility index (Phi) is 3.71. The monoisotopic (exact) mass is 197 g/mol. The van der Waals surface area contributed by atoms with E-state index in [2.05, 4.69) is 0 Å². The number of rotatable bonds is 5. The van der Waals surface area contributed by atoms with E-state index < -0.39 is 5.97 Å². The summed E-state index contributed by atoms with van der Waals surface area (Å²) < 4.78 is 5.33. The normalized spacial score (nSPS) is 12.7. The Bertz CT molecular complexity index is 306. The van der Waals surface area contributed by atoms with Crippen LogP contribution in [-0.2, 0) is 11.2 Å². The molecule has 0 aromatic carbocycles. The van der Waals surface area contributed by atoms with Crippen molar-refractivity contribution in [2.45, 2.75) is 32.2 Å². The minimum Gasteiger partial charge on any atom is -0.481 e. The van der Waals surface area contributed by atoms with E-state index in [4.69, 9.17) is 15.3 Å². The molecule has 3 N–H and O–H groups in total. The molecule has 78 valence electrons. The molecule has 0 spiro atoms. The third-order valence-electron chi connectivity index (χ3n) is 1.99. The summed E-state index contributed by atoms with van der Waals surface area (Å²) in [6.07, 6.45) is 1.19. The first-order valence-corrected chi connectivity index (χ1v) is 4.60. The van der Waals surface area contributed by atoms with Gasteiger partial charge >= 0.3 is 5.97 Å². The van der Waals surface area contributed by atoms with Crippen LogP contribution < -0.4 is 5.73 Å². The molecule has 1 atom stereocenters. The van der Waals surface area contributed by atoms with Crippen LogP contribution in [0.25, 0.3) is 0 Å². The predicted molar refractivity (Wildman–Crippen MR) is 52.0 cm³/mol. The second kappa shape index (κ2) is 4.81. The lowest BCUT2D eigenvalue weighted by atomic mass is 10.1. The van der Waals surface area contributed by atoms with Crippen molar-refractivity contribution in [3.8, 4) is 0 Å². The van der Waals surface area contributed by atoms with Crippen molar-refractivity contribution in [3.05, 3.63) is 23.7 Å². The lowest BCUT2D eigenvalue weighted by Gasteiger charge is -2.07. The number of aryl methyl sites for hydroxylation is 1. The number of hydrogen-bond acceptors (Lipinski definition) is 3. The summed E-state index contributed by atoms with van der Waals surface area (Å²) >= 11 is 0. The molecule has 1 aromatic heterocycles. The van der Waals surface area contributed by atoms with Crippen LogP contribution in [0.2, 0.25) is 0 Å². The van der Waals surface area contributed by atoms with Crippen molar-refractivity contribution in [2.75, 3.05) is 0 Å².